The van der Waals surface area contributed by atoms with Crippen LogP contribution in [0.4, 0.5) is 15.8 Å². The SMILES string of the molecule is Cc1ccc(NS(=O)(=O)c2c(N)cc(Cl)cc2Cl)cc1F. The Labute approximate surface area is 131 Å². The largest absolute Gasteiger partial charge is 0.398 e. The highest BCUT2D eigenvalue weighted by Crippen LogP contribution is 2.32. The second-order valence-electron chi connectivity index (χ2n) is 4.38. The molecule has 0 heterocycles. The van der Waals surface area contributed by atoms with Crippen LogP contribution in [-0.2, 0) is 10.0 Å². The second kappa shape index (κ2) is 5.71. The van der Waals surface area contributed by atoms with Crippen LogP contribution in [-0.4, -0.2) is 8.42 Å². The fourth-order valence-corrected chi connectivity index (χ4v) is 3.76. The molecule has 0 aliphatic heterocycles. The van der Waals surface area contributed by atoms with Crippen molar-refractivity contribution in [1.29, 1.82) is 0 Å². The lowest BCUT2D eigenvalue weighted by Crippen LogP contribution is -2.15. The molecule has 0 aromatic heterocycles. The van der Waals surface area contributed by atoms with Gasteiger partial charge in [-0.15, -0.1) is 0 Å². The van der Waals surface area contributed by atoms with Crippen LogP contribution in [0.3, 0.4) is 0 Å². The Balaban J connectivity index is 2.46. The molecule has 0 amide bonds. The minimum atomic E-state index is -4.05. The first-order valence-electron chi connectivity index (χ1n) is 5.74. The number of rotatable bonds is 3. The third kappa shape index (κ3) is 3.40. The highest BCUT2D eigenvalue weighted by atomic mass is 35.5. The Morgan fingerprint density at radius 3 is 2.43 bits per heavy atom. The van der Waals surface area contributed by atoms with Gasteiger partial charge in [0.15, 0.2) is 0 Å². The zero-order valence-electron chi connectivity index (χ0n) is 10.8. The molecule has 2 aromatic rings. The molecule has 0 saturated carbocycles. The topological polar surface area (TPSA) is 72.2 Å². The molecule has 0 atom stereocenters. The van der Waals surface area contributed by atoms with E-state index < -0.39 is 15.8 Å². The van der Waals surface area contributed by atoms with Crippen LogP contribution in [0.5, 0.6) is 0 Å². The summed E-state index contributed by atoms with van der Waals surface area (Å²) < 4.78 is 40.3. The summed E-state index contributed by atoms with van der Waals surface area (Å²) in [5.74, 6) is -0.523. The van der Waals surface area contributed by atoms with Gasteiger partial charge in [0.1, 0.15) is 10.7 Å². The molecule has 0 aliphatic carbocycles. The van der Waals surface area contributed by atoms with E-state index in [1.807, 2.05) is 0 Å². The van der Waals surface area contributed by atoms with E-state index in [1.165, 1.54) is 24.3 Å². The van der Waals surface area contributed by atoms with Gasteiger partial charge in [-0.05, 0) is 36.8 Å². The maximum absolute atomic E-state index is 13.5. The summed E-state index contributed by atoms with van der Waals surface area (Å²) in [6.45, 7) is 1.57. The van der Waals surface area contributed by atoms with Gasteiger partial charge < -0.3 is 5.73 Å². The van der Waals surface area contributed by atoms with Crippen LogP contribution in [0.2, 0.25) is 10.0 Å². The second-order valence-corrected chi connectivity index (χ2v) is 6.84. The van der Waals surface area contributed by atoms with Gasteiger partial charge in [-0.2, -0.15) is 0 Å². The van der Waals surface area contributed by atoms with Crippen molar-refractivity contribution >= 4 is 44.6 Å². The lowest BCUT2D eigenvalue weighted by Gasteiger charge is -2.12. The number of halogens is 3. The molecule has 2 rings (SSSR count). The van der Waals surface area contributed by atoms with Crippen LogP contribution in [0.1, 0.15) is 5.56 Å². The normalized spacial score (nSPS) is 11.4. The third-order valence-electron chi connectivity index (χ3n) is 2.73. The molecule has 4 nitrogen and oxygen atoms in total. The molecule has 0 bridgehead atoms. The minimum Gasteiger partial charge on any atom is -0.398 e. The zero-order valence-corrected chi connectivity index (χ0v) is 13.2. The molecule has 0 fully saturated rings. The van der Waals surface area contributed by atoms with Crippen molar-refractivity contribution in [3.63, 3.8) is 0 Å². The van der Waals surface area contributed by atoms with Crippen LogP contribution < -0.4 is 10.5 Å². The average Bonchev–Trinajstić information content (AvgIpc) is 2.31. The number of benzene rings is 2. The van der Waals surface area contributed by atoms with Crippen LogP contribution in [0, 0.1) is 12.7 Å². The molecule has 0 spiro atoms. The van der Waals surface area contributed by atoms with Crippen LogP contribution in [0.25, 0.3) is 0 Å². The molecule has 0 radical (unpaired) electrons. The van der Waals surface area contributed by atoms with Gasteiger partial charge in [-0.3, -0.25) is 4.72 Å². The van der Waals surface area contributed by atoms with E-state index in [0.29, 0.717) is 5.56 Å². The van der Waals surface area contributed by atoms with Crippen molar-refractivity contribution in [3.8, 4) is 0 Å². The Morgan fingerprint density at radius 1 is 1.19 bits per heavy atom. The standard InChI is InChI=1S/C13H11Cl2FN2O2S/c1-7-2-3-9(6-11(7)16)18-21(19,20)13-10(15)4-8(14)5-12(13)17/h2-6,18H,17H2,1H3. The van der Waals surface area contributed by atoms with Gasteiger partial charge in [0.05, 0.1) is 16.4 Å². The molecular formula is C13H11Cl2FN2O2S. The van der Waals surface area contributed by atoms with Crippen molar-refractivity contribution in [2.45, 2.75) is 11.8 Å². The monoisotopic (exact) mass is 348 g/mol. The maximum Gasteiger partial charge on any atom is 0.265 e. The third-order valence-corrected chi connectivity index (χ3v) is 4.86. The summed E-state index contributed by atoms with van der Waals surface area (Å²) in [5, 5.41) is 0.109. The summed E-state index contributed by atoms with van der Waals surface area (Å²) in [4.78, 5) is -0.297. The Hall–Kier alpha value is -1.50. The Kier molecular flexibility index (Phi) is 4.32. The summed E-state index contributed by atoms with van der Waals surface area (Å²) in [5.41, 5.74) is 6.04. The number of nitrogens with one attached hydrogen (secondary N) is 1. The van der Waals surface area contributed by atoms with Gasteiger partial charge >= 0.3 is 0 Å². The van der Waals surface area contributed by atoms with Crippen LogP contribution in [0.15, 0.2) is 35.2 Å². The predicted molar refractivity (Wildman–Crippen MR) is 82.8 cm³/mol. The molecule has 8 heteroatoms. The van der Waals surface area contributed by atoms with Gasteiger partial charge in [0, 0.05) is 5.02 Å². The smallest absolute Gasteiger partial charge is 0.265 e. The van der Waals surface area contributed by atoms with E-state index >= 15 is 0 Å². The van der Waals surface area contributed by atoms with E-state index in [2.05, 4.69) is 4.72 Å². The fourth-order valence-electron chi connectivity index (χ4n) is 1.73. The molecule has 21 heavy (non-hydrogen) atoms. The van der Waals surface area contributed by atoms with Crippen molar-refractivity contribution in [1.82, 2.24) is 0 Å². The number of aryl methyl sites for hydroxylation is 1. The molecule has 0 saturated heterocycles. The number of anilines is 2. The van der Waals surface area contributed by atoms with E-state index in [9.17, 15) is 12.8 Å². The Morgan fingerprint density at radius 2 is 1.86 bits per heavy atom. The zero-order chi connectivity index (χ0) is 15.8. The summed E-state index contributed by atoms with van der Waals surface area (Å²) in [6, 6.07) is 6.52. The predicted octanol–water partition coefficient (Wildman–Crippen LogP) is 3.82. The molecule has 2 aromatic carbocycles. The van der Waals surface area contributed by atoms with Gasteiger partial charge in [0.25, 0.3) is 10.0 Å². The number of hydrogen-bond donors (Lipinski definition) is 2. The van der Waals surface area contributed by atoms with Gasteiger partial charge in [0.2, 0.25) is 0 Å². The Bertz CT molecular complexity index is 787. The van der Waals surface area contributed by atoms with E-state index in [4.69, 9.17) is 28.9 Å². The first-order valence-corrected chi connectivity index (χ1v) is 7.98. The van der Waals surface area contributed by atoms with Crippen molar-refractivity contribution in [3.05, 3.63) is 51.8 Å². The lowest BCUT2D eigenvalue weighted by molar-refractivity contribution is 0.601. The highest BCUT2D eigenvalue weighted by molar-refractivity contribution is 7.93. The molecule has 0 aliphatic rings. The van der Waals surface area contributed by atoms with Crippen molar-refractivity contribution < 1.29 is 12.8 Å². The maximum atomic E-state index is 13.5. The van der Waals surface area contributed by atoms with E-state index in [1.54, 1.807) is 6.92 Å². The average molecular weight is 349 g/mol. The summed E-state index contributed by atoms with van der Waals surface area (Å²) in [7, 11) is -4.05. The number of hydrogen-bond acceptors (Lipinski definition) is 3. The summed E-state index contributed by atoms with van der Waals surface area (Å²) in [6.07, 6.45) is 0. The number of nitrogens with two attached hydrogens (primary N) is 1. The number of sulfonamides is 1. The number of nitrogen functional groups attached to an aromatic ring is 1. The quantitative estimate of drug-likeness (QED) is 0.828. The molecular weight excluding hydrogens is 338 g/mol. The summed E-state index contributed by atoms with van der Waals surface area (Å²) >= 11 is 11.6. The first kappa shape index (κ1) is 15.9. The molecule has 112 valence electrons. The minimum absolute atomic E-state index is 0.0727. The first-order chi connectivity index (χ1) is 9.70. The fraction of sp³-hybridized carbons (Fsp3) is 0.0769. The van der Waals surface area contributed by atoms with Gasteiger partial charge in [-0.25, -0.2) is 12.8 Å². The molecule has 3 N–H and O–H groups in total. The van der Waals surface area contributed by atoms with E-state index in [0.717, 1.165) is 6.07 Å². The van der Waals surface area contributed by atoms with Gasteiger partial charge in [-0.1, -0.05) is 29.3 Å². The highest BCUT2D eigenvalue weighted by Gasteiger charge is 2.22. The van der Waals surface area contributed by atoms with Crippen LogP contribution >= 0.6 is 23.2 Å². The van der Waals surface area contributed by atoms with Crippen molar-refractivity contribution in [2.75, 3.05) is 10.5 Å². The lowest BCUT2D eigenvalue weighted by atomic mass is 10.2. The van der Waals surface area contributed by atoms with E-state index in [-0.39, 0.29) is 26.3 Å². The van der Waals surface area contributed by atoms with Crippen molar-refractivity contribution in [2.24, 2.45) is 0 Å². The molecule has 0 unspecified atom stereocenters.